The largest absolute Gasteiger partial charge is 0.489 e. The van der Waals surface area contributed by atoms with Crippen LogP contribution in [0.4, 0.5) is 5.95 Å². The fourth-order valence-electron chi connectivity index (χ4n) is 3.93. The maximum absolute atomic E-state index is 12.7. The third-order valence-corrected chi connectivity index (χ3v) is 6.59. The van der Waals surface area contributed by atoms with Crippen molar-refractivity contribution in [3.05, 3.63) is 76.5 Å². The number of benzene rings is 2. The van der Waals surface area contributed by atoms with Gasteiger partial charge in [0.05, 0.1) is 0 Å². The number of allylic oxidation sites excluding steroid dienone is 2. The minimum atomic E-state index is -0.402. The van der Waals surface area contributed by atoms with E-state index < -0.39 is 6.04 Å². The number of thioether (sulfide) groups is 1. The molecule has 0 fully saturated rings. The van der Waals surface area contributed by atoms with Gasteiger partial charge in [-0.1, -0.05) is 73.1 Å². The molecule has 3 aromatic rings. The minimum Gasteiger partial charge on any atom is -0.489 e. The number of ether oxygens (including phenoxy) is 1. The Bertz CT molecular complexity index is 1170. The summed E-state index contributed by atoms with van der Waals surface area (Å²) < 4.78 is 8.09. The predicted octanol–water partition coefficient (Wildman–Crippen LogP) is 5.94. The van der Waals surface area contributed by atoms with Crippen molar-refractivity contribution in [2.75, 3.05) is 11.1 Å². The van der Waals surface area contributed by atoms with Gasteiger partial charge in [0.1, 0.15) is 18.4 Å². The summed E-state index contributed by atoms with van der Waals surface area (Å²) >= 11 is 1.64. The van der Waals surface area contributed by atoms with E-state index in [1.165, 1.54) is 5.56 Å². The number of carbonyl (C=O) groups is 1. The molecule has 6 nitrogen and oxygen atoms in total. The van der Waals surface area contributed by atoms with Crippen LogP contribution in [0.2, 0.25) is 0 Å². The number of Topliss-reactive ketones (excluding diaryl/α,β-unsaturated/α-hetero) is 1. The van der Waals surface area contributed by atoms with Gasteiger partial charge in [-0.3, -0.25) is 4.79 Å². The molecule has 0 spiro atoms. The molecule has 172 valence electrons. The highest BCUT2D eigenvalue weighted by molar-refractivity contribution is 7.99. The van der Waals surface area contributed by atoms with Crippen LogP contribution in [0.25, 0.3) is 0 Å². The van der Waals surface area contributed by atoms with Crippen LogP contribution in [-0.2, 0) is 11.4 Å². The molecule has 33 heavy (non-hydrogen) atoms. The molecule has 1 atom stereocenters. The smallest absolute Gasteiger partial charge is 0.227 e. The monoisotopic (exact) mass is 462 g/mol. The van der Waals surface area contributed by atoms with E-state index in [4.69, 9.17) is 14.8 Å². The molecule has 1 aliphatic rings. The number of aromatic nitrogens is 3. The highest BCUT2D eigenvalue weighted by Crippen LogP contribution is 2.40. The van der Waals surface area contributed by atoms with Crippen LogP contribution >= 0.6 is 11.8 Å². The Morgan fingerprint density at radius 1 is 1.15 bits per heavy atom. The first-order valence-corrected chi connectivity index (χ1v) is 12.3. The molecular weight excluding hydrogens is 432 g/mol. The number of unbranched alkanes of at least 4 members (excludes halogenated alkanes) is 1. The molecule has 0 bridgehead atoms. The molecule has 1 N–H and O–H groups in total. The zero-order valence-corrected chi connectivity index (χ0v) is 20.4. The van der Waals surface area contributed by atoms with Crippen LogP contribution in [0.15, 0.2) is 65.0 Å². The van der Waals surface area contributed by atoms with E-state index in [1.807, 2.05) is 35.9 Å². The quantitative estimate of drug-likeness (QED) is 0.314. The van der Waals surface area contributed by atoms with Crippen molar-refractivity contribution >= 4 is 23.5 Å². The summed E-state index contributed by atoms with van der Waals surface area (Å²) in [5, 5.41) is 8.77. The van der Waals surface area contributed by atoms with Crippen molar-refractivity contribution in [3.63, 3.8) is 0 Å². The molecule has 1 aromatic heterocycles. The van der Waals surface area contributed by atoms with Crippen LogP contribution in [0.3, 0.4) is 0 Å². The second-order valence-corrected chi connectivity index (χ2v) is 9.36. The number of para-hydroxylation sites is 1. The number of fused-ring (bicyclic) bond motifs is 1. The van der Waals surface area contributed by atoms with E-state index in [0.29, 0.717) is 23.3 Å². The highest BCUT2D eigenvalue weighted by atomic mass is 32.2. The van der Waals surface area contributed by atoms with E-state index in [9.17, 15) is 4.79 Å². The highest BCUT2D eigenvalue weighted by Gasteiger charge is 2.34. The average Bonchev–Trinajstić information content (AvgIpc) is 3.20. The fraction of sp³-hybridized carbons (Fsp3) is 0.346. The van der Waals surface area contributed by atoms with Crippen molar-refractivity contribution in [2.45, 2.75) is 58.3 Å². The predicted molar refractivity (Wildman–Crippen MR) is 133 cm³/mol. The van der Waals surface area contributed by atoms with Gasteiger partial charge in [-0.15, -0.1) is 5.10 Å². The zero-order valence-electron chi connectivity index (χ0n) is 19.6. The number of hydrogen-bond donors (Lipinski definition) is 1. The lowest BCUT2D eigenvalue weighted by Gasteiger charge is -2.29. The van der Waals surface area contributed by atoms with Crippen molar-refractivity contribution in [3.8, 4) is 5.75 Å². The van der Waals surface area contributed by atoms with Crippen LogP contribution < -0.4 is 10.1 Å². The Labute approximate surface area is 199 Å². The lowest BCUT2D eigenvalue weighted by molar-refractivity contribution is -0.114. The van der Waals surface area contributed by atoms with Crippen LogP contribution in [0, 0.1) is 6.92 Å². The van der Waals surface area contributed by atoms with Crippen LogP contribution in [0.1, 0.15) is 56.3 Å². The molecular formula is C26H30N4O2S. The Morgan fingerprint density at radius 2 is 1.91 bits per heavy atom. The molecule has 4 rings (SSSR count). The van der Waals surface area contributed by atoms with Crippen molar-refractivity contribution in [1.82, 2.24) is 14.8 Å². The number of nitrogens with zero attached hydrogens (tertiary/aromatic N) is 3. The summed E-state index contributed by atoms with van der Waals surface area (Å²) in [5.41, 5.74) is 4.67. The third-order valence-electron chi connectivity index (χ3n) is 5.67. The lowest BCUT2D eigenvalue weighted by atomic mass is 9.92. The molecule has 0 saturated carbocycles. The van der Waals surface area contributed by atoms with E-state index in [-0.39, 0.29) is 5.78 Å². The van der Waals surface area contributed by atoms with Crippen LogP contribution in [-0.4, -0.2) is 26.3 Å². The molecule has 0 amide bonds. The van der Waals surface area contributed by atoms with Gasteiger partial charge in [-0.2, -0.15) is 4.98 Å². The number of ketones is 1. The van der Waals surface area contributed by atoms with Crippen LogP contribution in [0.5, 0.6) is 5.75 Å². The first-order chi connectivity index (χ1) is 16.0. The van der Waals surface area contributed by atoms with Gasteiger partial charge in [0.15, 0.2) is 5.78 Å². The maximum Gasteiger partial charge on any atom is 0.227 e. The Morgan fingerprint density at radius 3 is 2.64 bits per heavy atom. The standard InChI is InChI=1S/C26H30N4O2S/c1-5-6-15-33-26-28-25-27-18(3)23(19(4)31)24(30(25)29-26)21-9-7-8-10-22(21)32-16-20-13-11-17(2)12-14-20/h7-14,24H,5-6,15-16H2,1-4H3,(H,27,28,29). The van der Waals surface area contributed by atoms with Gasteiger partial charge in [0.2, 0.25) is 11.1 Å². The van der Waals surface area contributed by atoms with Crippen molar-refractivity contribution < 1.29 is 9.53 Å². The van der Waals surface area contributed by atoms with E-state index >= 15 is 0 Å². The van der Waals surface area contributed by atoms with E-state index in [0.717, 1.165) is 41.2 Å². The van der Waals surface area contributed by atoms with Gasteiger partial charge in [-0.25, -0.2) is 4.68 Å². The number of hydrogen-bond acceptors (Lipinski definition) is 6. The average molecular weight is 463 g/mol. The van der Waals surface area contributed by atoms with E-state index in [2.05, 4.69) is 43.4 Å². The topological polar surface area (TPSA) is 69.0 Å². The van der Waals surface area contributed by atoms with Crippen molar-refractivity contribution in [2.24, 2.45) is 0 Å². The number of anilines is 1. The zero-order chi connectivity index (χ0) is 23.4. The van der Waals surface area contributed by atoms with Gasteiger partial charge < -0.3 is 10.1 Å². The summed E-state index contributed by atoms with van der Waals surface area (Å²) in [6, 6.07) is 15.8. The van der Waals surface area contributed by atoms with Gasteiger partial charge in [0, 0.05) is 22.6 Å². The Hall–Kier alpha value is -3.06. The Balaban J connectivity index is 1.70. The summed E-state index contributed by atoms with van der Waals surface area (Å²) in [6.07, 6.45) is 2.24. The maximum atomic E-state index is 12.7. The second kappa shape index (κ2) is 10.3. The number of aryl methyl sites for hydroxylation is 1. The first kappa shape index (κ1) is 23.1. The molecule has 0 radical (unpaired) electrons. The molecule has 2 aromatic carbocycles. The van der Waals surface area contributed by atoms with E-state index in [1.54, 1.807) is 18.7 Å². The minimum absolute atomic E-state index is 0.000302. The second-order valence-electron chi connectivity index (χ2n) is 8.30. The molecule has 2 heterocycles. The molecule has 0 aliphatic carbocycles. The third kappa shape index (κ3) is 5.14. The number of rotatable bonds is 9. The number of carbonyl (C=O) groups excluding carboxylic acids is 1. The summed E-state index contributed by atoms with van der Waals surface area (Å²) in [5.74, 6) is 2.35. The summed E-state index contributed by atoms with van der Waals surface area (Å²) in [7, 11) is 0. The van der Waals surface area contributed by atoms with Gasteiger partial charge in [0.25, 0.3) is 0 Å². The number of nitrogens with one attached hydrogen (secondary N) is 1. The fourth-order valence-corrected chi connectivity index (χ4v) is 4.84. The van der Waals surface area contributed by atoms with Gasteiger partial charge in [-0.05, 0) is 38.8 Å². The van der Waals surface area contributed by atoms with Gasteiger partial charge >= 0.3 is 0 Å². The Kier molecular flexibility index (Phi) is 7.18. The first-order valence-electron chi connectivity index (χ1n) is 11.3. The molecule has 1 unspecified atom stereocenters. The lowest BCUT2D eigenvalue weighted by Crippen LogP contribution is -2.28. The summed E-state index contributed by atoms with van der Waals surface area (Å²) in [4.78, 5) is 17.4. The molecule has 0 saturated heterocycles. The SMILES string of the molecule is CCCCSc1nc2n(n1)C(c1ccccc1OCc1ccc(C)cc1)C(C(C)=O)=C(C)N2. The molecule has 7 heteroatoms. The normalized spacial score (nSPS) is 15.2. The molecule has 1 aliphatic heterocycles. The van der Waals surface area contributed by atoms with Crippen molar-refractivity contribution in [1.29, 1.82) is 0 Å². The summed E-state index contributed by atoms with van der Waals surface area (Å²) in [6.45, 7) is 8.20.